The van der Waals surface area contributed by atoms with E-state index in [0.29, 0.717) is 11.5 Å². The summed E-state index contributed by atoms with van der Waals surface area (Å²) < 4.78 is 16.0. The van der Waals surface area contributed by atoms with Gasteiger partial charge < -0.3 is 24.8 Å². The Kier molecular flexibility index (Phi) is 6.29. The Morgan fingerprint density at radius 1 is 0.947 bits per heavy atom. The van der Waals surface area contributed by atoms with E-state index in [0.717, 1.165) is 37.4 Å². The van der Waals surface area contributed by atoms with Crippen molar-refractivity contribution < 1.29 is 14.2 Å². The van der Waals surface area contributed by atoms with E-state index in [-0.39, 0.29) is 0 Å². The number of ether oxygens (including phenoxy) is 3. The molecule has 0 spiro atoms. The molecule has 1 rings (SSSR count). The Balaban J connectivity index is 2.97. The first-order valence-corrected chi connectivity index (χ1v) is 6.39. The maximum absolute atomic E-state index is 5.51. The van der Waals surface area contributed by atoms with Crippen LogP contribution in [0.3, 0.4) is 0 Å². The number of unbranched alkanes of at least 4 members (excludes halogenated alkanes) is 1. The molecule has 0 aliphatic carbocycles. The van der Waals surface area contributed by atoms with Gasteiger partial charge >= 0.3 is 0 Å². The van der Waals surface area contributed by atoms with Gasteiger partial charge in [-0.05, 0) is 19.4 Å². The lowest BCUT2D eigenvalue weighted by molar-refractivity contribution is 0.349. The molecule has 5 heteroatoms. The first-order chi connectivity index (χ1) is 9.17. The molecule has 0 unspecified atom stereocenters. The summed E-state index contributed by atoms with van der Waals surface area (Å²) in [5, 5.41) is 0. The van der Waals surface area contributed by atoms with Crippen LogP contribution >= 0.6 is 0 Å². The number of rotatable bonds is 8. The van der Waals surface area contributed by atoms with Crippen LogP contribution in [0.2, 0.25) is 0 Å². The highest BCUT2D eigenvalue weighted by molar-refractivity contribution is 5.65. The number of nitrogens with zero attached hydrogens (tertiary/aromatic N) is 1. The fourth-order valence-electron chi connectivity index (χ4n) is 1.93. The number of benzene rings is 1. The standard InChI is InChI=1S/C14H24N2O3/c1-16(8-6-5-7-15)11-9-13(18-3)14(19-4)10-12(11)17-2/h9-10H,5-8,15H2,1-4H3. The van der Waals surface area contributed by atoms with Crippen LogP contribution in [0.4, 0.5) is 5.69 Å². The van der Waals surface area contributed by atoms with Gasteiger partial charge in [-0.25, -0.2) is 0 Å². The van der Waals surface area contributed by atoms with Gasteiger partial charge in [-0.2, -0.15) is 0 Å². The summed E-state index contributed by atoms with van der Waals surface area (Å²) in [5.41, 5.74) is 6.50. The van der Waals surface area contributed by atoms with Gasteiger partial charge in [0.25, 0.3) is 0 Å². The fourth-order valence-corrected chi connectivity index (χ4v) is 1.93. The second-order valence-electron chi connectivity index (χ2n) is 4.30. The highest BCUT2D eigenvalue weighted by Crippen LogP contribution is 2.39. The minimum atomic E-state index is 0.665. The quantitative estimate of drug-likeness (QED) is 0.730. The van der Waals surface area contributed by atoms with Crippen LogP contribution in [0, 0.1) is 0 Å². The van der Waals surface area contributed by atoms with Gasteiger partial charge in [-0.3, -0.25) is 0 Å². The SMILES string of the molecule is COc1cc(OC)c(N(C)CCCCN)cc1OC. The molecule has 0 amide bonds. The van der Waals surface area contributed by atoms with E-state index in [1.54, 1.807) is 21.3 Å². The van der Waals surface area contributed by atoms with Gasteiger partial charge in [-0.1, -0.05) is 0 Å². The van der Waals surface area contributed by atoms with Gasteiger partial charge in [0.1, 0.15) is 5.75 Å². The number of methoxy groups -OCH3 is 3. The maximum Gasteiger partial charge on any atom is 0.164 e. The van der Waals surface area contributed by atoms with E-state index in [4.69, 9.17) is 19.9 Å². The normalized spacial score (nSPS) is 10.2. The molecule has 0 aliphatic heterocycles. The van der Waals surface area contributed by atoms with Crippen molar-refractivity contribution in [2.45, 2.75) is 12.8 Å². The molecule has 1 aromatic carbocycles. The molecular formula is C14H24N2O3. The highest BCUT2D eigenvalue weighted by atomic mass is 16.5. The summed E-state index contributed by atoms with van der Waals surface area (Å²) in [6, 6.07) is 3.77. The van der Waals surface area contributed by atoms with E-state index >= 15 is 0 Å². The molecule has 0 bridgehead atoms. The van der Waals surface area contributed by atoms with Crippen molar-refractivity contribution in [3.05, 3.63) is 12.1 Å². The third kappa shape index (κ3) is 3.92. The summed E-state index contributed by atoms with van der Waals surface area (Å²) >= 11 is 0. The lowest BCUT2D eigenvalue weighted by Crippen LogP contribution is -2.20. The fraction of sp³-hybridized carbons (Fsp3) is 0.571. The van der Waals surface area contributed by atoms with Gasteiger partial charge in [0.05, 0.1) is 27.0 Å². The van der Waals surface area contributed by atoms with Crippen molar-refractivity contribution in [3.63, 3.8) is 0 Å². The molecule has 0 saturated carbocycles. The first-order valence-electron chi connectivity index (χ1n) is 6.39. The topological polar surface area (TPSA) is 57.0 Å². The molecule has 0 atom stereocenters. The van der Waals surface area contributed by atoms with Gasteiger partial charge in [-0.15, -0.1) is 0 Å². The van der Waals surface area contributed by atoms with Crippen molar-refractivity contribution in [1.29, 1.82) is 0 Å². The number of hydrogen-bond donors (Lipinski definition) is 1. The van der Waals surface area contributed by atoms with Crippen LogP contribution in [-0.4, -0.2) is 41.5 Å². The predicted molar refractivity (Wildman–Crippen MR) is 77.7 cm³/mol. The summed E-state index contributed by atoms with van der Waals surface area (Å²) in [5.74, 6) is 2.13. The lowest BCUT2D eigenvalue weighted by atomic mass is 10.2. The number of hydrogen-bond acceptors (Lipinski definition) is 5. The van der Waals surface area contributed by atoms with E-state index in [1.165, 1.54) is 0 Å². The van der Waals surface area contributed by atoms with Crippen molar-refractivity contribution in [2.24, 2.45) is 5.73 Å². The molecule has 0 aliphatic rings. The van der Waals surface area contributed by atoms with Gasteiger partial charge in [0.15, 0.2) is 11.5 Å². The molecule has 1 aromatic rings. The Bertz CT molecular complexity index is 397. The molecule has 5 nitrogen and oxygen atoms in total. The molecule has 2 N–H and O–H groups in total. The van der Waals surface area contributed by atoms with Crippen LogP contribution in [-0.2, 0) is 0 Å². The van der Waals surface area contributed by atoms with Crippen LogP contribution in [0.1, 0.15) is 12.8 Å². The third-order valence-electron chi connectivity index (χ3n) is 3.04. The highest BCUT2D eigenvalue weighted by Gasteiger charge is 2.14. The minimum Gasteiger partial charge on any atom is -0.494 e. The molecule has 0 fully saturated rings. The summed E-state index contributed by atoms with van der Waals surface area (Å²) in [4.78, 5) is 2.14. The van der Waals surface area contributed by atoms with E-state index in [9.17, 15) is 0 Å². The number of nitrogens with two attached hydrogens (primary N) is 1. The molecule has 19 heavy (non-hydrogen) atoms. The molecule has 0 heterocycles. The maximum atomic E-state index is 5.51. The zero-order chi connectivity index (χ0) is 14.3. The molecule has 0 saturated heterocycles. The monoisotopic (exact) mass is 268 g/mol. The van der Waals surface area contributed by atoms with E-state index < -0.39 is 0 Å². The second kappa shape index (κ2) is 7.74. The average Bonchev–Trinajstić information content (AvgIpc) is 2.45. The summed E-state index contributed by atoms with van der Waals surface area (Å²) in [7, 11) is 6.92. The zero-order valence-corrected chi connectivity index (χ0v) is 12.2. The molecule has 108 valence electrons. The summed E-state index contributed by atoms with van der Waals surface area (Å²) in [6.45, 7) is 1.64. The van der Waals surface area contributed by atoms with Crippen molar-refractivity contribution in [1.82, 2.24) is 0 Å². The lowest BCUT2D eigenvalue weighted by Gasteiger charge is -2.23. The van der Waals surface area contributed by atoms with E-state index in [2.05, 4.69) is 4.90 Å². The zero-order valence-electron chi connectivity index (χ0n) is 12.2. The van der Waals surface area contributed by atoms with Crippen LogP contribution in [0.5, 0.6) is 17.2 Å². The Morgan fingerprint density at radius 3 is 2.05 bits per heavy atom. The Morgan fingerprint density at radius 2 is 1.53 bits per heavy atom. The molecular weight excluding hydrogens is 244 g/mol. The van der Waals surface area contributed by atoms with Gasteiger partial charge in [0.2, 0.25) is 0 Å². The van der Waals surface area contributed by atoms with E-state index in [1.807, 2.05) is 19.2 Å². The van der Waals surface area contributed by atoms with Crippen LogP contribution in [0.25, 0.3) is 0 Å². The largest absolute Gasteiger partial charge is 0.494 e. The van der Waals surface area contributed by atoms with Crippen molar-refractivity contribution in [2.75, 3.05) is 46.4 Å². The van der Waals surface area contributed by atoms with Gasteiger partial charge in [0, 0.05) is 25.7 Å². The second-order valence-corrected chi connectivity index (χ2v) is 4.30. The van der Waals surface area contributed by atoms with Crippen LogP contribution < -0.4 is 24.8 Å². The smallest absolute Gasteiger partial charge is 0.164 e. The van der Waals surface area contributed by atoms with Crippen LogP contribution in [0.15, 0.2) is 12.1 Å². The van der Waals surface area contributed by atoms with Crippen molar-refractivity contribution in [3.8, 4) is 17.2 Å². The number of anilines is 1. The average molecular weight is 268 g/mol. The molecule has 0 aromatic heterocycles. The predicted octanol–water partition coefficient (Wildman–Crippen LogP) is 1.89. The Hall–Kier alpha value is -1.62. The first kappa shape index (κ1) is 15.4. The van der Waals surface area contributed by atoms with Crippen molar-refractivity contribution >= 4 is 5.69 Å². The third-order valence-corrected chi connectivity index (χ3v) is 3.04. The summed E-state index contributed by atoms with van der Waals surface area (Å²) in [6.07, 6.45) is 2.06. The minimum absolute atomic E-state index is 0.665. The molecule has 0 radical (unpaired) electrons. The Labute approximate surface area is 115 Å².